The summed E-state index contributed by atoms with van der Waals surface area (Å²) in [5.74, 6) is 0.737. The van der Waals surface area contributed by atoms with Crippen molar-refractivity contribution in [1.82, 2.24) is 18.9 Å². The van der Waals surface area contributed by atoms with Gasteiger partial charge in [-0.15, -0.1) is 0 Å². The fourth-order valence-corrected chi connectivity index (χ4v) is 8.93. The van der Waals surface area contributed by atoms with E-state index in [1.54, 1.807) is 25.3 Å². The molecule has 2 N–H and O–H groups in total. The van der Waals surface area contributed by atoms with Crippen LogP contribution in [0, 0.1) is 0 Å². The Bertz CT molecular complexity index is 2220. The number of methoxy groups -OCH3 is 2. The van der Waals surface area contributed by atoms with E-state index in [9.17, 15) is 19.8 Å². The van der Waals surface area contributed by atoms with Gasteiger partial charge in [-0.25, -0.2) is 0 Å². The summed E-state index contributed by atoms with van der Waals surface area (Å²) in [6.45, 7) is 2.94. The van der Waals surface area contributed by atoms with Crippen LogP contribution in [0.5, 0.6) is 5.75 Å². The molecule has 3 aliphatic heterocycles. The molecule has 4 aromatic rings. The van der Waals surface area contributed by atoms with E-state index in [0.29, 0.717) is 22.5 Å². The van der Waals surface area contributed by atoms with Crippen LogP contribution >= 0.6 is 0 Å². The van der Waals surface area contributed by atoms with Crippen LogP contribution < -0.4 is 4.74 Å². The lowest BCUT2D eigenvalue weighted by atomic mass is 9.89. The molecule has 0 radical (unpaired) electrons. The summed E-state index contributed by atoms with van der Waals surface area (Å²) in [5.41, 5.74) is 9.14. The number of hydrogen-bond donors (Lipinski definition) is 2. The minimum Gasteiger partial charge on any atom is -0.497 e. The van der Waals surface area contributed by atoms with Crippen LogP contribution in [0.4, 0.5) is 0 Å². The number of hydrogen-bond acceptors (Lipinski definition) is 8. The third-order valence-corrected chi connectivity index (χ3v) is 11.4. The van der Waals surface area contributed by atoms with E-state index in [0.717, 1.165) is 72.1 Å². The predicted molar refractivity (Wildman–Crippen MR) is 199 cm³/mol. The second-order valence-corrected chi connectivity index (χ2v) is 14.0. The average molecular weight is 697 g/mol. The second-order valence-electron chi connectivity index (χ2n) is 14.0. The zero-order chi connectivity index (χ0) is 35.7. The van der Waals surface area contributed by atoms with Gasteiger partial charge in [0.2, 0.25) is 5.78 Å². The Labute approximate surface area is 301 Å². The second kappa shape index (κ2) is 12.8. The van der Waals surface area contributed by atoms with Gasteiger partial charge in [0.1, 0.15) is 5.75 Å². The van der Waals surface area contributed by atoms with Gasteiger partial charge in [0, 0.05) is 83.5 Å². The summed E-state index contributed by atoms with van der Waals surface area (Å²) in [4.78, 5) is 31.9. The first kappa shape index (κ1) is 32.6. The molecule has 5 aliphatic rings. The van der Waals surface area contributed by atoms with E-state index in [1.807, 2.05) is 48.8 Å². The molecule has 0 saturated carbocycles. The highest BCUT2D eigenvalue weighted by atomic mass is 16.5. The predicted octanol–water partition coefficient (Wildman–Crippen LogP) is 5.02. The van der Waals surface area contributed by atoms with Crippen molar-refractivity contribution in [3.05, 3.63) is 123 Å². The average Bonchev–Trinajstić information content (AvgIpc) is 3.66. The maximum atomic E-state index is 13.4. The fourth-order valence-electron chi connectivity index (χ4n) is 8.93. The monoisotopic (exact) mass is 696 g/mol. The van der Waals surface area contributed by atoms with Gasteiger partial charge < -0.3 is 28.8 Å². The Morgan fingerprint density at radius 2 is 1.33 bits per heavy atom. The first-order valence-electron chi connectivity index (χ1n) is 17.8. The summed E-state index contributed by atoms with van der Waals surface area (Å²) < 4.78 is 15.4. The van der Waals surface area contributed by atoms with Gasteiger partial charge in [0.05, 0.1) is 50.6 Å². The molecule has 0 bridgehead atoms. The number of piperazine rings is 1. The number of aliphatic hydroxyl groups excluding tert-OH is 2. The molecule has 1 fully saturated rings. The molecule has 10 nitrogen and oxygen atoms in total. The Balaban J connectivity index is 1.16. The van der Waals surface area contributed by atoms with Crippen molar-refractivity contribution in [3.8, 4) is 5.75 Å². The number of benzene rings is 2. The molecule has 0 amide bonds. The zero-order valence-corrected chi connectivity index (χ0v) is 29.2. The number of ketones is 2. The molecule has 0 spiro atoms. The summed E-state index contributed by atoms with van der Waals surface area (Å²) in [7, 11) is 3.19. The Kier molecular flexibility index (Phi) is 8.00. The number of nitrogens with zero attached hydrogens (tertiary/aromatic N) is 4. The van der Waals surface area contributed by atoms with Crippen LogP contribution in [0.15, 0.2) is 95.3 Å². The molecular weight excluding hydrogens is 656 g/mol. The molecule has 2 unspecified atom stereocenters. The van der Waals surface area contributed by atoms with Crippen LogP contribution in [0.2, 0.25) is 0 Å². The van der Waals surface area contributed by atoms with Crippen LogP contribution in [0.25, 0.3) is 34.2 Å². The molecule has 1 saturated heterocycles. The number of aromatic nitrogens is 2. The third kappa shape index (κ3) is 5.01. The summed E-state index contributed by atoms with van der Waals surface area (Å²) in [6.07, 6.45) is 16.3. The van der Waals surface area contributed by atoms with E-state index in [2.05, 4.69) is 37.1 Å². The minimum atomic E-state index is -0.316. The van der Waals surface area contributed by atoms with E-state index < -0.39 is 0 Å². The maximum absolute atomic E-state index is 13.4. The molecule has 9 rings (SSSR count). The van der Waals surface area contributed by atoms with Crippen molar-refractivity contribution < 1.29 is 29.3 Å². The van der Waals surface area contributed by atoms with Crippen molar-refractivity contribution in [1.29, 1.82) is 0 Å². The number of carbonyl (C=O) groups excluding carboxylic acids is 2. The molecule has 10 heteroatoms. The van der Waals surface area contributed by atoms with Crippen molar-refractivity contribution >= 4 is 45.8 Å². The zero-order valence-electron chi connectivity index (χ0n) is 29.2. The Morgan fingerprint density at radius 1 is 0.731 bits per heavy atom. The van der Waals surface area contributed by atoms with Gasteiger partial charge in [-0.2, -0.15) is 0 Å². The van der Waals surface area contributed by atoms with Crippen molar-refractivity contribution in [2.75, 3.05) is 47.0 Å². The van der Waals surface area contributed by atoms with E-state index >= 15 is 0 Å². The third-order valence-electron chi connectivity index (χ3n) is 11.4. The topological polar surface area (TPSA) is 109 Å². The highest BCUT2D eigenvalue weighted by Crippen LogP contribution is 2.47. The van der Waals surface area contributed by atoms with Gasteiger partial charge in [0.15, 0.2) is 11.5 Å². The standard InChI is InChI=1S/C42H40N4O6/c1-51-29-10-12-31-33-14-16-44-21-36-39-32(30-11-9-25(23-47)17-34(30)45(39)19-26-5-3-7-28(24-48)41(26)49)13-15-43(36)22-37(44)40(33)46(35(31)18-29)20-27-6-4-8-38(52-2)42(27)50/h3-12,17-20,36-37,47-48H,13-16,21-24H2,1-2H3/b26-19+,27-20+. The molecular formula is C42H40N4O6. The molecule has 52 heavy (non-hydrogen) atoms. The Morgan fingerprint density at radius 3 is 1.92 bits per heavy atom. The quantitative estimate of drug-likeness (QED) is 0.271. The number of allylic oxidation sites excluding steroid dienone is 8. The van der Waals surface area contributed by atoms with Crippen molar-refractivity contribution in [3.63, 3.8) is 0 Å². The maximum Gasteiger partial charge on any atom is 0.229 e. The SMILES string of the molecule is COC1=CC=C/C(=C\n2c3c(c4ccc(OC)cc42)CCN2CC4c5c(c6ccc(CO)cc6n5/C=C5\C=CC=C(CO)C5=O)CCN4CC32)C1=O. The van der Waals surface area contributed by atoms with Gasteiger partial charge >= 0.3 is 0 Å². The summed E-state index contributed by atoms with van der Waals surface area (Å²) >= 11 is 0. The minimum absolute atomic E-state index is 0.0624. The molecule has 5 heterocycles. The molecule has 2 atom stereocenters. The van der Waals surface area contributed by atoms with Crippen molar-refractivity contribution in [2.45, 2.75) is 31.5 Å². The van der Waals surface area contributed by atoms with Crippen LogP contribution in [0.3, 0.4) is 0 Å². The van der Waals surface area contributed by atoms with Gasteiger partial charge in [-0.3, -0.25) is 19.4 Å². The number of aliphatic hydroxyl groups is 2. The molecule has 264 valence electrons. The smallest absolute Gasteiger partial charge is 0.229 e. The number of fused-ring (bicyclic) bond motifs is 10. The number of Topliss-reactive ketones (excluding diaryl/α,β-unsaturated/α-hetero) is 2. The summed E-state index contributed by atoms with van der Waals surface area (Å²) in [6, 6.07) is 12.5. The molecule has 2 aromatic heterocycles. The van der Waals surface area contributed by atoms with Crippen LogP contribution in [0.1, 0.15) is 40.2 Å². The van der Waals surface area contributed by atoms with E-state index in [4.69, 9.17) is 9.47 Å². The fraction of sp³-hybridized carbons (Fsp3) is 0.286. The van der Waals surface area contributed by atoms with Gasteiger partial charge in [-0.05, 0) is 66.0 Å². The largest absolute Gasteiger partial charge is 0.497 e. The first-order valence-corrected chi connectivity index (χ1v) is 17.8. The lowest BCUT2D eigenvalue weighted by Gasteiger charge is -2.50. The molecule has 2 aliphatic carbocycles. The normalized spacial score (nSPS) is 23.2. The van der Waals surface area contributed by atoms with Gasteiger partial charge in [-0.1, -0.05) is 30.4 Å². The van der Waals surface area contributed by atoms with E-state index in [-0.39, 0.29) is 36.9 Å². The number of ether oxygens (including phenoxy) is 2. The number of rotatable bonds is 6. The van der Waals surface area contributed by atoms with Crippen LogP contribution in [-0.2, 0) is 33.8 Å². The highest BCUT2D eigenvalue weighted by Gasteiger charge is 2.44. The summed E-state index contributed by atoms with van der Waals surface area (Å²) in [5, 5.41) is 22.2. The number of carbonyl (C=O) groups is 2. The lowest BCUT2D eigenvalue weighted by Crippen LogP contribution is -2.54. The lowest BCUT2D eigenvalue weighted by molar-refractivity contribution is -0.114. The van der Waals surface area contributed by atoms with Crippen molar-refractivity contribution in [2.24, 2.45) is 0 Å². The Hall–Kier alpha value is -5.26. The first-order chi connectivity index (χ1) is 25.4. The molecule has 2 aromatic carbocycles. The van der Waals surface area contributed by atoms with E-state index in [1.165, 1.54) is 29.6 Å². The highest BCUT2D eigenvalue weighted by molar-refractivity contribution is 6.14. The van der Waals surface area contributed by atoms with Crippen LogP contribution in [-0.4, -0.2) is 87.7 Å². The van der Waals surface area contributed by atoms with Gasteiger partial charge in [0.25, 0.3) is 0 Å².